The van der Waals surface area contributed by atoms with E-state index < -0.39 is 5.60 Å². The van der Waals surface area contributed by atoms with Crippen molar-refractivity contribution in [2.75, 3.05) is 20.1 Å². The molecule has 6 heteroatoms. The van der Waals surface area contributed by atoms with E-state index in [0.717, 1.165) is 23.7 Å². The summed E-state index contributed by atoms with van der Waals surface area (Å²) in [5.74, 6) is 0.248. The van der Waals surface area contributed by atoms with Crippen LogP contribution < -0.4 is 5.32 Å². The summed E-state index contributed by atoms with van der Waals surface area (Å²) in [6, 6.07) is 8.05. The summed E-state index contributed by atoms with van der Waals surface area (Å²) >= 11 is 0. The molecule has 0 spiro atoms. The topological polar surface area (TPSA) is 74.4 Å². The van der Waals surface area contributed by atoms with Crippen molar-refractivity contribution in [2.24, 2.45) is 0 Å². The summed E-state index contributed by atoms with van der Waals surface area (Å²) in [5, 5.41) is 3.73. The Morgan fingerprint density at radius 1 is 1.23 bits per heavy atom. The second kappa shape index (κ2) is 7.02. The van der Waals surface area contributed by atoms with Crippen LogP contribution >= 0.6 is 0 Å². The molecule has 6 nitrogen and oxygen atoms in total. The van der Waals surface area contributed by atoms with Crippen LogP contribution in [0, 0.1) is 0 Å². The Kier molecular flexibility index (Phi) is 4.94. The van der Waals surface area contributed by atoms with E-state index in [9.17, 15) is 9.59 Å². The maximum absolute atomic E-state index is 12.2. The number of likely N-dealkylation sites (tertiary alicyclic amines) is 1. The monoisotopic (exact) mass is 357 g/mol. The molecule has 2 N–H and O–H groups in total. The second-order valence-corrected chi connectivity index (χ2v) is 7.81. The molecule has 1 aliphatic heterocycles. The number of fused-ring (bicyclic) bond motifs is 1. The van der Waals surface area contributed by atoms with Gasteiger partial charge in [0.15, 0.2) is 0 Å². The number of carbonyl (C=O) groups is 2. The summed E-state index contributed by atoms with van der Waals surface area (Å²) in [4.78, 5) is 29.1. The molecule has 2 amide bonds. The highest BCUT2D eigenvalue weighted by Gasteiger charge is 2.28. The van der Waals surface area contributed by atoms with Crippen molar-refractivity contribution in [1.29, 1.82) is 0 Å². The number of piperidine rings is 1. The fourth-order valence-corrected chi connectivity index (χ4v) is 3.49. The number of hydrogen-bond acceptors (Lipinski definition) is 3. The smallest absolute Gasteiger partial charge is 0.410 e. The highest BCUT2D eigenvalue weighted by molar-refractivity contribution is 5.98. The minimum absolute atomic E-state index is 0.119. The van der Waals surface area contributed by atoms with Gasteiger partial charge in [-0.2, -0.15) is 0 Å². The molecule has 1 fully saturated rings. The molecule has 2 aromatic rings. The normalized spacial score (nSPS) is 15.9. The van der Waals surface area contributed by atoms with Gasteiger partial charge in [-0.15, -0.1) is 0 Å². The zero-order chi connectivity index (χ0) is 18.9. The fraction of sp³-hybridized carbons (Fsp3) is 0.500. The van der Waals surface area contributed by atoms with Crippen LogP contribution in [0.15, 0.2) is 24.3 Å². The first-order valence-electron chi connectivity index (χ1n) is 9.10. The van der Waals surface area contributed by atoms with Crippen LogP contribution in [0.5, 0.6) is 0 Å². The van der Waals surface area contributed by atoms with E-state index in [4.69, 9.17) is 4.74 Å². The van der Waals surface area contributed by atoms with Gasteiger partial charge < -0.3 is 19.9 Å². The zero-order valence-corrected chi connectivity index (χ0v) is 15.9. The van der Waals surface area contributed by atoms with Crippen molar-refractivity contribution in [3.63, 3.8) is 0 Å². The molecular formula is C20H27N3O3. The first kappa shape index (κ1) is 18.3. The first-order valence-corrected chi connectivity index (χ1v) is 9.10. The van der Waals surface area contributed by atoms with E-state index in [-0.39, 0.29) is 12.0 Å². The maximum atomic E-state index is 12.2. The Labute approximate surface area is 153 Å². The molecule has 3 rings (SSSR count). The first-order chi connectivity index (χ1) is 12.3. The predicted molar refractivity (Wildman–Crippen MR) is 101 cm³/mol. The summed E-state index contributed by atoms with van der Waals surface area (Å²) < 4.78 is 5.47. The van der Waals surface area contributed by atoms with E-state index in [1.165, 1.54) is 5.56 Å². The number of aromatic nitrogens is 1. The number of nitrogens with one attached hydrogen (secondary N) is 2. The van der Waals surface area contributed by atoms with Gasteiger partial charge >= 0.3 is 6.09 Å². The molecule has 0 bridgehead atoms. The Morgan fingerprint density at radius 3 is 2.54 bits per heavy atom. The van der Waals surface area contributed by atoms with Crippen LogP contribution in [0.25, 0.3) is 10.9 Å². The van der Waals surface area contributed by atoms with Gasteiger partial charge in [-0.05, 0) is 57.2 Å². The molecule has 2 heterocycles. The molecule has 1 aromatic carbocycles. The van der Waals surface area contributed by atoms with Crippen molar-refractivity contribution in [1.82, 2.24) is 15.2 Å². The van der Waals surface area contributed by atoms with Crippen LogP contribution in [-0.2, 0) is 4.74 Å². The zero-order valence-electron chi connectivity index (χ0n) is 15.9. The van der Waals surface area contributed by atoms with Crippen molar-refractivity contribution >= 4 is 22.9 Å². The predicted octanol–water partition coefficient (Wildman–Crippen LogP) is 3.64. The number of nitrogens with zero attached hydrogens (tertiary/aromatic N) is 1. The molecule has 1 aliphatic rings. The van der Waals surface area contributed by atoms with Crippen LogP contribution in [0.1, 0.15) is 55.6 Å². The quantitative estimate of drug-likeness (QED) is 0.862. The third-order valence-corrected chi connectivity index (χ3v) is 4.76. The number of hydrogen-bond donors (Lipinski definition) is 2. The maximum Gasteiger partial charge on any atom is 0.410 e. The lowest BCUT2D eigenvalue weighted by atomic mass is 9.87. The van der Waals surface area contributed by atoms with Crippen molar-refractivity contribution < 1.29 is 14.3 Å². The van der Waals surface area contributed by atoms with Crippen LogP contribution in [0.2, 0.25) is 0 Å². The molecule has 1 aromatic heterocycles. The molecule has 0 aliphatic carbocycles. The number of carbonyl (C=O) groups excluding carboxylic acids is 2. The van der Waals surface area contributed by atoms with Crippen molar-refractivity contribution in [3.05, 3.63) is 35.5 Å². The van der Waals surface area contributed by atoms with Gasteiger partial charge in [0.05, 0.1) is 0 Å². The van der Waals surface area contributed by atoms with Gasteiger partial charge in [-0.25, -0.2) is 4.79 Å². The lowest BCUT2D eigenvalue weighted by Gasteiger charge is -2.33. The SMILES string of the molecule is CNC(=O)c1cc2c(C3CCN(C(=O)OC(C)(C)C)CC3)cccc2[nH]1. The van der Waals surface area contributed by atoms with Gasteiger partial charge in [0.2, 0.25) is 0 Å². The molecule has 140 valence electrons. The lowest BCUT2D eigenvalue weighted by molar-refractivity contribution is 0.0205. The van der Waals surface area contributed by atoms with Gasteiger partial charge in [-0.1, -0.05) is 12.1 Å². The molecule has 0 unspecified atom stereocenters. The summed E-state index contributed by atoms with van der Waals surface area (Å²) in [5.41, 5.74) is 2.30. The lowest BCUT2D eigenvalue weighted by Crippen LogP contribution is -2.41. The van der Waals surface area contributed by atoms with Gasteiger partial charge in [-0.3, -0.25) is 4.79 Å². The molecule has 0 radical (unpaired) electrons. The number of H-pyrrole nitrogens is 1. The molecular weight excluding hydrogens is 330 g/mol. The van der Waals surface area contributed by atoms with Crippen LogP contribution in [0.4, 0.5) is 4.79 Å². The van der Waals surface area contributed by atoms with E-state index in [0.29, 0.717) is 24.7 Å². The highest BCUT2D eigenvalue weighted by atomic mass is 16.6. The molecule has 0 saturated carbocycles. The Hall–Kier alpha value is -2.50. The standard InChI is InChI=1S/C20H27N3O3/c1-20(2,3)26-19(25)23-10-8-13(9-11-23)14-6-5-7-16-15(14)12-17(22-16)18(24)21-4/h5-7,12-13,22H,8-11H2,1-4H3,(H,21,24). The van der Waals surface area contributed by atoms with Crippen LogP contribution in [0.3, 0.4) is 0 Å². The third kappa shape index (κ3) is 3.84. The Balaban J connectivity index is 1.74. The summed E-state index contributed by atoms with van der Waals surface area (Å²) in [7, 11) is 1.63. The third-order valence-electron chi connectivity index (χ3n) is 4.76. The number of ether oxygens (including phenoxy) is 1. The largest absolute Gasteiger partial charge is 0.444 e. The average Bonchev–Trinajstić information content (AvgIpc) is 3.04. The number of amides is 2. The molecule has 0 atom stereocenters. The van der Waals surface area contributed by atoms with Crippen molar-refractivity contribution in [3.8, 4) is 0 Å². The highest BCUT2D eigenvalue weighted by Crippen LogP contribution is 2.33. The minimum Gasteiger partial charge on any atom is -0.444 e. The minimum atomic E-state index is -0.471. The van der Waals surface area contributed by atoms with Crippen LogP contribution in [-0.4, -0.2) is 47.6 Å². The average molecular weight is 357 g/mol. The summed E-state index contributed by atoms with van der Waals surface area (Å²) in [6.45, 7) is 7.02. The number of aromatic amines is 1. The van der Waals surface area contributed by atoms with E-state index in [1.807, 2.05) is 39.0 Å². The summed E-state index contributed by atoms with van der Waals surface area (Å²) in [6.07, 6.45) is 1.54. The fourth-order valence-electron chi connectivity index (χ4n) is 3.49. The van der Waals surface area contributed by atoms with Crippen molar-refractivity contribution in [2.45, 2.75) is 45.1 Å². The van der Waals surface area contributed by atoms with Gasteiger partial charge in [0.25, 0.3) is 5.91 Å². The van der Waals surface area contributed by atoms with E-state index in [1.54, 1.807) is 11.9 Å². The Morgan fingerprint density at radius 2 is 1.92 bits per heavy atom. The van der Waals surface area contributed by atoms with E-state index >= 15 is 0 Å². The molecule has 1 saturated heterocycles. The van der Waals surface area contributed by atoms with Gasteiger partial charge in [0.1, 0.15) is 11.3 Å². The van der Waals surface area contributed by atoms with E-state index in [2.05, 4.69) is 16.4 Å². The molecule has 26 heavy (non-hydrogen) atoms. The number of rotatable bonds is 2. The van der Waals surface area contributed by atoms with Gasteiger partial charge in [0, 0.05) is 31.0 Å². The second-order valence-electron chi connectivity index (χ2n) is 7.81. The number of benzene rings is 1. The Bertz CT molecular complexity index is 811.